The highest BCUT2D eigenvalue weighted by Gasteiger charge is 2.37. The Morgan fingerprint density at radius 1 is 1.25 bits per heavy atom. The molecule has 6 heteroatoms. The molecule has 1 saturated heterocycles. The fourth-order valence-electron chi connectivity index (χ4n) is 3.75. The Morgan fingerprint density at radius 2 is 2.00 bits per heavy atom. The van der Waals surface area contributed by atoms with E-state index in [4.69, 9.17) is 14.9 Å². The number of hydrogen-bond acceptors (Lipinski definition) is 4. The van der Waals surface area contributed by atoms with Gasteiger partial charge in [-0.1, -0.05) is 37.3 Å². The van der Waals surface area contributed by atoms with Crippen molar-refractivity contribution in [2.75, 3.05) is 26.7 Å². The summed E-state index contributed by atoms with van der Waals surface area (Å²) in [6.45, 7) is 4.04. The van der Waals surface area contributed by atoms with Crippen LogP contribution in [0.2, 0.25) is 0 Å². The molecule has 2 N–H and O–H groups in total. The third-order valence-electron chi connectivity index (χ3n) is 5.49. The van der Waals surface area contributed by atoms with Gasteiger partial charge in [0.1, 0.15) is 11.3 Å². The first kappa shape index (κ1) is 20.2. The molecular formula is C22H25ClN2O3. The van der Waals surface area contributed by atoms with E-state index in [9.17, 15) is 4.79 Å². The summed E-state index contributed by atoms with van der Waals surface area (Å²) in [5.74, 6) is 0.999. The standard InChI is InChI=1S/C22H24N2O3.ClH/c1-22(13-23)10-11-24(14-22)21(25)20-19(15-6-4-3-5-7-15)17-9-8-16(26-2)12-18(17)27-20;/h3-9,12H,10-11,13-14,23H2,1-2H3;1H. The van der Waals surface area contributed by atoms with Crippen LogP contribution in [0.15, 0.2) is 52.9 Å². The minimum absolute atomic E-state index is 0. The highest BCUT2D eigenvalue weighted by Crippen LogP contribution is 2.38. The van der Waals surface area contributed by atoms with Crippen LogP contribution in [0.25, 0.3) is 22.1 Å². The van der Waals surface area contributed by atoms with Gasteiger partial charge in [-0.25, -0.2) is 0 Å². The molecule has 1 fully saturated rings. The lowest BCUT2D eigenvalue weighted by atomic mass is 9.90. The van der Waals surface area contributed by atoms with Gasteiger partial charge < -0.3 is 19.8 Å². The summed E-state index contributed by atoms with van der Waals surface area (Å²) in [7, 11) is 1.62. The normalized spacial score (nSPS) is 18.9. The zero-order valence-corrected chi connectivity index (χ0v) is 16.9. The van der Waals surface area contributed by atoms with Crippen LogP contribution in [0.5, 0.6) is 5.75 Å². The van der Waals surface area contributed by atoms with Gasteiger partial charge in [-0.3, -0.25) is 4.79 Å². The van der Waals surface area contributed by atoms with Crippen LogP contribution >= 0.6 is 12.4 Å². The molecule has 1 aliphatic rings. The van der Waals surface area contributed by atoms with E-state index in [2.05, 4.69) is 6.92 Å². The van der Waals surface area contributed by atoms with Crippen LogP contribution in [0.4, 0.5) is 0 Å². The van der Waals surface area contributed by atoms with Crippen molar-refractivity contribution >= 4 is 29.3 Å². The van der Waals surface area contributed by atoms with Crippen LogP contribution in [0, 0.1) is 5.41 Å². The number of likely N-dealkylation sites (tertiary alicyclic amines) is 1. The maximum absolute atomic E-state index is 13.3. The van der Waals surface area contributed by atoms with Crippen molar-refractivity contribution in [1.29, 1.82) is 0 Å². The van der Waals surface area contributed by atoms with E-state index in [1.807, 2.05) is 53.4 Å². The lowest BCUT2D eigenvalue weighted by molar-refractivity contribution is 0.0748. The minimum Gasteiger partial charge on any atom is -0.497 e. The number of ether oxygens (including phenoxy) is 1. The molecule has 3 aromatic rings. The maximum atomic E-state index is 13.3. The molecular weight excluding hydrogens is 376 g/mol. The number of methoxy groups -OCH3 is 1. The zero-order valence-electron chi connectivity index (χ0n) is 16.1. The molecule has 28 heavy (non-hydrogen) atoms. The second-order valence-electron chi connectivity index (χ2n) is 7.53. The number of halogens is 1. The van der Waals surface area contributed by atoms with Gasteiger partial charge in [0.25, 0.3) is 5.91 Å². The van der Waals surface area contributed by atoms with Gasteiger partial charge in [-0.2, -0.15) is 0 Å². The predicted molar refractivity (Wildman–Crippen MR) is 113 cm³/mol. The number of nitrogens with two attached hydrogens (primary N) is 1. The number of amides is 1. The lowest BCUT2D eigenvalue weighted by Gasteiger charge is -2.22. The smallest absolute Gasteiger partial charge is 0.290 e. The summed E-state index contributed by atoms with van der Waals surface area (Å²) in [6.07, 6.45) is 0.907. The Labute approximate surface area is 170 Å². The molecule has 1 amide bonds. The number of carbonyl (C=O) groups excluding carboxylic acids is 1. The molecule has 0 aliphatic carbocycles. The van der Waals surface area contributed by atoms with Crippen molar-refractivity contribution in [3.63, 3.8) is 0 Å². The van der Waals surface area contributed by atoms with Crippen LogP contribution in [0.3, 0.4) is 0 Å². The Bertz CT molecular complexity index is 986. The number of benzene rings is 2. The van der Waals surface area contributed by atoms with Gasteiger partial charge in [0.2, 0.25) is 5.76 Å². The summed E-state index contributed by atoms with van der Waals surface area (Å²) in [5.41, 5.74) is 8.32. The third-order valence-corrected chi connectivity index (χ3v) is 5.49. The largest absolute Gasteiger partial charge is 0.497 e. The summed E-state index contributed by atoms with van der Waals surface area (Å²) < 4.78 is 11.4. The van der Waals surface area contributed by atoms with E-state index in [-0.39, 0.29) is 23.7 Å². The monoisotopic (exact) mass is 400 g/mol. The number of furan rings is 1. The molecule has 1 aromatic heterocycles. The van der Waals surface area contributed by atoms with Crippen LogP contribution in [-0.2, 0) is 0 Å². The van der Waals surface area contributed by atoms with Gasteiger partial charge in [0, 0.05) is 30.1 Å². The first-order valence-corrected chi connectivity index (χ1v) is 9.20. The third kappa shape index (κ3) is 3.48. The maximum Gasteiger partial charge on any atom is 0.290 e. The van der Waals surface area contributed by atoms with Crippen LogP contribution < -0.4 is 10.5 Å². The summed E-state index contributed by atoms with van der Waals surface area (Å²) in [5, 5.41) is 0.908. The summed E-state index contributed by atoms with van der Waals surface area (Å²) in [4.78, 5) is 15.2. The highest BCUT2D eigenvalue weighted by atomic mass is 35.5. The average molecular weight is 401 g/mol. The van der Waals surface area contributed by atoms with Crippen molar-refractivity contribution < 1.29 is 13.9 Å². The van der Waals surface area contributed by atoms with Crippen molar-refractivity contribution in [2.45, 2.75) is 13.3 Å². The topological polar surface area (TPSA) is 68.7 Å². The first-order chi connectivity index (χ1) is 13.0. The molecule has 1 atom stereocenters. The molecule has 2 aromatic carbocycles. The van der Waals surface area contributed by atoms with E-state index < -0.39 is 0 Å². The van der Waals surface area contributed by atoms with Crippen LogP contribution in [0.1, 0.15) is 23.9 Å². The Kier molecular flexibility index (Phi) is 5.68. The van der Waals surface area contributed by atoms with Gasteiger partial charge in [-0.15, -0.1) is 12.4 Å². The molecule has 0 spiro atoms. The van der Waals surface area contributed by atoms with Crippen molar-refractivity contribution in [1.82, 2.24) is 4.90 Å². The van der Waals surface area contributed by atoms with E-state index in [0.29, 0.717) is 36.7 Å². The van der Waals surface area contributed by atoms with Crippen molar-refractivity contribution in [3.05, 3.63) is 54.3 Å². The number of carbonyl (C=O) groups is 1. The molecule has 1 aliphatic heterocycles. The fourth-order valence-corrected chi connectivity index (χ4v) is 3.75. The highest BCUT2D eigenvalue weighted by molar-refractivity contribution is 6.08. The van der Waals surface area contributed by atoms with E-state index in [1.54, 1.807) is 7.11 Å². The zero-order chi connectivity index (χ0) is 19.0. The average Bonchev–Trinajstić information content (AvgIpc) is 3.29. The summed E-state index contributed by atoms with van der Waals surface area (Å²) in [6, 6.07) is 15.6. The van der Waals surface area contributed by atoms with Gasteiger partial charge in [-0.05, 0) is 36.1 Å². The number of nitrogens with zero attached hydrogens (tertiary/aromatic N) is 1. The molecule has 0 saturated carbocycles. The molecule has 0 bridgehead atoms. The lowest BCUT2D eigenvalue weighted by Crippen LogP contribution is -2.34. The number of fused-ring (bicyclic) bond motifs is 1. The number of rotatable bonds is 4. The van der Waals surface area contributed by atoms with Crippen LogP contribution in [-0.4, -0.2) is 37.6 Å². The van der Waals surface area contributed by atoms with Gasteiger partial charge >= 0.3 is 0 Å². The van der Waals surface area contributed by atoms with Crippen molar-refractivity contribution in [3.8, 4) is 16.9 Å². The number of hydrogen-bond donors (Lipinski definition) is 1. The predicted octanol–water partition coefficient (Wildman–Crippen LogP) is 4.34. The molecule has 5 nitrogen and oxygen atoms in total. The molecule has 4 rings (SSSR count). The minimum atomic E-state index is -0.0822. The molecule has 1 unspecified atom stereocenters. The molecule has 2 heterocycles. The fraction of sp³-hybridized carbons (Fsp3) is 0.318. The van der Waals surface area contributed by atoms with Gasteiger partial charge in [0.15, 0.2) is 0 Å². The second-order valence-corrected chi connectivity index (χ2v) is 7.53. The Morgan fingerprint density at radius 3 is 2.64 bits per heavy atom. The van der Waals surface area contributed by atoms with E-state index in [1.165, 1.54) is 0 Å². The Balaban J connectivity index is 0.00000225. The van der Waals surface area contributed by atoms with Gasteiger partial charge in [0.05, 0.1) is 7.11 Å². The molecule has 0 radical (unpaired) electrons. The molecule has 148 valence electrons. The van der Waals surface area contributed by atoms with E-state index in [0.717, 1.165) is 22.9 Å². The second kappa shape index (κ2) is 7.86. The quantitative estimate of drug-likeness (QED) is 0.707. The SMILES string of the molecule is COc1ccc2c(-c3ccccc3)c(C(=O)N3CCC(C)(CN)C3)oc2c1.Cl. The Hall–Kier alpha value is -2.50. The van der Waals surface area contributed by atoms with Crippen molar-refractivity contribution in [2.24, 2.45) is 11.1 Å². The first-order valence-electron chi connectivity index (χ1n) is 9.20. The summed E-state index contributed by atoms with van der Waals surface area (Å²) >= 11 is 0. The van der Waals surface area contributed by atoms with E-state index >= 15 is 0 Å².